The third-order valence-electron chi connectivity index (χ3n) is 7.54. The Bertz CT molecular complexity index is 4160. The fraction of sp³-hybridized carbons (Fsp3) is 0. The Morgan fingerprint density at radius 3 is 1.02 bits per heavy atom. The van der Waals surface area contributed by atoms with Crippen LogP contribution in [0.3, 0.4) is 0 Å². The van der Waals surface area contributed by atoms with E-state index in [2.05, 4.69) is 0 Å². The molecule has 0 amide bonds. The van der Waals surface area contributed by atoms with Crippen LogP contribution in [0.2, 0.25) is 0 Å². The number of aromatic nitrogens is 3. The van der Waals surface area contributed by atoms with E-state index in [1.54, 1.807) is 0 Å². The molecule has 0 saturated carbocycles. The molecule has 0 fully saturated rings. The molecule has 0 aliphatic carbocycles. The van der Waals surface area contributed by atoms with Gasteiger partial charge in [-0.25, -0.2) is 0 Å². The summed E-state index contributed by atoms with van der Waals surface area (Å²) < 4.78 is 244. The topological polar surface area (TPSA) is 14.8 Å². The molecule has 3 heterocycles. The van der Waals surface area contributed by atoms with Crippen LogP contribution in [0.15, 0.2) is 163 Å². The molecule has 0 aliphatic heterocycles. The predicted molar refractivity (Wildman–Crippen MR) is 189 cm³/mol. The van der Waals surface area contributed by atoms with Crippen molar-refractivity contribution in [2.45, 2.75) is 0 Å². The Morgan fingerprint density at radius 2 is 0.578 bits per heavy atom. The van der Waals surface area contributed by atoms with Gasteiger partial charge in [0.05, 0.1) is 70.1 Å². The number of benzene rings is 7. The summed E-state index contributed by atoms with van der Waals surface area (Å²) in [7, 11) is 0. The monoisotopic (exact) mass is 600 g/mol. The molecule has 7 aromatic carbocycles. The average molecular weight is 601 g/mol. The highest BCUT2D eigenvalue weighted by Gasteiger charge is 2.20. The van der Waals surface area contributed by atoms with Crippen LogP contribution in [0, 0.1) is 0 Å². The zero-order valence-electron chi connectivity index (χ0n) is 49.3. The zero-order chi connectivity index (χ0) is 53.0. The van der Waals surface area contributed by atoms with E-state index in [9.17, 15) is 12.3 Å². The van der Waals surface area contributed by atoms with Gasteiger partial charge < -0.3 is 13.7 Å². The molecule has 3 aromatic heterocycles. The zero-order valence-corrected chi connectivity index (χ0v) is 22.3. The maximum Gasteiger partial charge on any atom is 0.0646 e. The molecule has 0 aliphatic rings. The van der Waals surface area contributed by atoms with E-state index in [1.165, 1.54) is 0 Å². The van der Waals surface area contributed by atoms with Crippen molar-refractivity contribution in [3.8, 4) is 17.1 Å². The molecule has 3 heteroatoms. The maximum absolute atomic E-state index is 9.67. The van der Waals surface area contributed by atoms with E-state index in [0.717, 1.165) is 13.7 Å². The van der Waals surface area contributed by atoms with E-state index in [1.807, 2.05) is 0 Å². The van der Waals surface area contributed by atoms with Crippen molar-refractivity contribution >= 4 is 65.4 Å². The summed E-state index contributed by atoms with van der Waals surface area (Å²) in [4.78, 5) is 0. The van der Waals surface area contributed by atoms with E-state index in [0.29, 0.717) is 0 Å². The molecule has 0 atom stereocenters. The third-order valence-corrected chi connectivity index (χ3v) is 7.54. The summed E-state index contributed by atoms with van der Waals surface area (Å²) >= 11 is 0. The minimum absolute atomic E-state index is 0.450. The molecular formula is C42H27N3. The number of hydrogen-bond donors (Lipinski definition) is 0. The van der Waals surface area contributed by atoms with Crippen molar-refractivity contribution in [1.29, 1.82) is 0 Å². The predicted octanol–water partition coefficient (Wildman–Crippen LogP) is 11.0. The van der Waals surface area contributed by atoms with Gasteiger partial charge in [0.25, 0.3) is 0 Å². The summed E-state index contributed by atoms with van der Waals surface area (Å²) in [5, 5.41) is -2.90. The first-order valence-corrected chi connectivity index (χ1v) is 13.3. The SMILES string of the molecule is [2H]c1c([2H])c([2H])c(-n2c3c([2H])c([2H])c([2H])c([2H])c3c3c4c5c([2H])c([2H])c([2H])c([2H])c5n(-c5c([2H])c([2H])c(-n6c7c([2H])c([2H])c([2H])c([2H])c7c7c([2H])c([2H])c([2H])c([2H])c76)c([2H])c5[2H])c4c([2H])c([2H])c32)c([2H])c1[2H]. The smallest absolute Gasteiger partial charge is 0.0646 e. The second-order valence-electron chi connectivity index (χ2n) is 9.77. The lowest BCUT2D eigenvalue weighted by Gasteiger charge is -2.12. The van der Waals surface area contributed by atoms with Crippen LogP contribution in [0.1, 0.15) is 37.0 Å². The van der Waals surface area contributed by atoms with Crippen molar-refractivity contribution in [2.75, 3.05) is 0 Å². The van der Waals surface area contributed by atoms with Crippen LogP contribution in [-0.2, 0) is 0 Å². The van der Waals surface area contributed by atoms with Gasteiger partial charge in [-0.15, -0.1) is 0 Å². The fourth-order valence-corrected chi connectivity index (χ4v) is 5.80. The molecule has 0 unspecified atom stereocenters. The van der Waals surface area contributed by atoms with Crippen LogP contribution < -0.4 is 0 Å². The molecule has 0 N–H and O–H groups in total. The van der Waals surface area contributed by atoms with Crippen LogP contribution in [0.5, 0.6) is 0 Å². The fourth-order valence-electron chi connectivity index (χ4n) is 5.80. The summed E-state index contributed by atoms with van der Waals surface area (Å²) in [5.41, 5.74) is -5.95. The molecule has 0 bridgehead atoms. The van der Waals surface area contributed by atoms with E-state index in [4.69, 9.17) is 24.7 Å². The highest BCUT2D eigenvalue weighted by Crippen LogP contribution is 2.42. The Balaban J connectivity index is 1.48. The van der Waals surface area contributed by atoms with Crippen molar-refractivity contribution in [3.63, 3.8) is 0 Å². The minimum Gasteiger partial charge on any atom is -0.309 e. The number of para-hydroxylation sites is 5. The molecular weight excluding hydrogens is 546 g/mol. The third kappa shape index (κ3) is 3.35. The van der Waals surface area contributed by atoms with E-state index in [-0.39, 0.29) is 0 Å². The summed E-state index contributed by atoms with van der Waals surface area (Å²) in [6.45, 7) is 0. The molecule has 0 radical (unpaired) electrons. The Hall–Kier alpha value is -6.06. The second-order valence-corrected chi connectivity index (χ2v) is 9.77. The second kappa shape index (κ2) is 9.22. The van der Waals surface area contributed by atoms with Gasteiger partial charge >= 0.3 is 0 Å². The van der Waals surface area contributed by atoms with Crippen molar-refractivity contribution in [3.05, 3.63) is 163 Å². The molecule has 0 saturated heterocycles. The minimum atomic E-state index is -1.07. The highest BCUT2D eigenvalue weighted by atomic mass is 15.0. The first-order chi connectivity index (χ1) is 33.6. The normalized spacial score (nSPS) is 20.4. The molecule has 3 nitrogen and oxygen atoms in total. The van der Waals surface area contributed by atoms with Gasteiger partial charge in [-0.05, 0) is 72.5 Å². The number of fused-ring (bicyclic) bond motifs is 10. The van der Waals surface area contributed by atoms with E-state index < -0.39 is 246 Å². The lowest BCUT2D eigenvalue weighted by atomic mass is 10.1. The first-order valence-electron chi connectivity index (χ1n) is 26.8. The Morgan fingerprint density at radius 1 is 0.267 bits per heavy atom. The van der Waals surface area contributed by atoms with Crippen LogP contribution >= 0.6 is 0 Å². The highest BCUT2D eigenvalue weighted by molar-refractivity contribution is 6.28. The maximum atomic E-state index is 9.67. The van der Waals surface area contributed by atoms with Crippen LogP contribution in [-0.4, -0.2) is 13.7 Å². The molecule has 210 valence electrons. The molecule has 45 heavy (non-hydrogen) atoms. The number of nitrogens with zero attached hydrogens (tertiary/aromatic N) is 3. The molecule has 10 aromatic rings. The summed E-state index contributed by atoms with van der Waals surface area (Å²) in [6.07, 6.45) is 0. The quantitative estimate of drug-likeness (QED) is 0.192. The summed E-state index contributed by atoms with van der Waals surface area (Å²) in [5.74, 6) is 0. The van der Waals surface area contributed by atoms with Crippen molar-refractivity contribution < 1.29 is 37.0 Å². The van der Waals surface area contributed by atoms with Gasteiger partial charge in [-0.3, -0.25) is 0 Å². The van der Waals surface area contributed by atoms with Gasteiger partial charge in [0.1, 0.15) is 0 Å². The Kier molecular flexibility index (Phi) is 2.04. The lowest BCUT2D eigenvalue weighted by Crippen LogP contribution is -1.97. The van der Waals surface area contributed by atoms with Crippen molar-refractivity contribution in [1.82, 2.24) is 13.7 Å². The largest absolute Gasteiger partial charge is 0.309 e. The molecule has 10 rings (SSSR count). The molecule has 0 spiro atoms. The van der Waals surface area contributed by atoms with Gasteiger partial charge in [-0.2, -0.15) is 0 Å². The standard InChI is InChI=1S/C42H27N3/c1-2-12-28(13-3-1)44-37-20-10-6-16-33(37)41-39(44)26-27-40-42(41)34-17-7-11-21-38(34)45(40)30-24-22-29(23-25-30)43-35-18-8-4-14-31(35)32-15-5-9-19-36(32)43/h1-27H/i1D,2D,3D,4D,5D,6D,7D,8D,9D,10D,11D,12D,13D,14D,15D,16D,17D,18D,19D,20D,21D,22D,23D,24D,25D,26D,27D. The van der Waals surface area contributed by atoms with Crippen LogP contribution in [0.4, 0.5) is 0 Å². The number of rotatable bonds is 3. The number of hydrogen-bond acceptors (Lipinski definition) is 0. The van der Waals surface area contributed by atoms with Crippen molar-refractivity contribution in [2.24, 2.45) is 0 Å². The van der Waals surface area contributed by atoms with Crippen LogP contribution in [0.25, 0.3) is 82.5 Å². The average Bonchev–Trinajstić information content (AvgIpc) is 4.01. The summed E-state index contributed by atoms with van der Waals surface area (Å²) in [6, 6.07) is -24.0. The van der Waals surface area contributed by atoms with Gasteiger partial charge in [-0.1, -0.05) is 90.6 Å². The van der Waals surface area contributed by atoms with Gasteiger partial charge in [0, 0.05) is 49.4 Å². The van der Waals surface area contributed by atoms with Gasteiger partial charge in [0.2, 0.25) is 0 Å². The van der Waals surface area contributed by atoms with E-state index >= 15 is 0 Å². The lowest BCUT2D eigenvalue weighted by molar-refractivity contribution is 1.14. The Labute approximate surface area is 297 Å². The van der Waals surface area contributed by atoms with Gasteiger partial charge in [0.15, 0.2) is 0 Å². The first kappa shape index (κ1) is 9.98.